The lowest BCUT2D eigenvalue weighted by molar-refractivity contribution is 0.0924. The standard InChI is InChI=1S/C22H21N3O4/c1-2-27-16-6-7-20-18(13-16)19(8-11-28-20)25-22(26)15-4-3-5-17(12-15)29-21-14-23-9-10-24-21/h3-7,9-10,12-14,19H,2,8,11H2,1H3,(H,25,26). The van der Waals surface area contributed by atoms with Crippen LogP contribution in [-0.2, 0) is 0 Å². The van der Waals surface area contributed by atoms with E-state index in [2.05, 4.69) is 15.3 Å². The first kappa shape index (κ1) is 18.7. The molecule has 148 valence electrons. The van der Waals surface area contributed by atoms with Gasteiger partial charge in [0.15, 0.2) is 0 Å². The molecule has 1 atom stereocenters. The lowest BCUT2D eigenvalue weighted by atomic mass is 9.99. The summed E-state index contributed by atoms with van der Waals surface area (Å²) >= 11 is 0. The van der Waals surface area contributed by atoms with Gasteiger partial charge in [0.25, 0.3) is 5.91 Å². The predicted octanol–water partition coefficient (Wildman–Crippen LogP) is 3.92. The van der Waals surface area contributed by atoms with Gasteiger partial charge in [-0.05, 0) is 43.3 Å². The fourth-order valence-electron chi connectivity index (χ4n) is 3.18. The van der Waals surface area contributed by atoms with Crippen molar-refractivity contribution >= 4 is 5.91 Å². The summed E-state index contributed by atoms with van der Waals surface area (Å²) in [5.41, 5.74) is 1.42. The van der Waals surface area contributed by atoms with Crippen LogP contribution in [0.5, 0.6) is 23.1 Å². The molecule has 0 bridgehead atoms. The van der Waals surface area contributed by atoms with Gasteiger partial charge in [0.2, 0.25) is 5.88 Å². The summed E-state index contributed by atoms with van der Waals surface area (Å²) in [4.78, 5) is 20.9. The molecule has 3 aromatic rings. The van der Waals surface area contributed by atoms with Crippen LogP contribution in [0.4, 0.5) is 0 Å². The maximum atomic E-state index is 12.9. The van der Waals surface area contributed by atoms with Gasteiger partial charge in [-0.3, -0.25) is 9.78 Å². The Labute approximate surface area is 168 Å². The third-order valence-corrected chi connectivity index (χ3v) is 4.50. The Balaban J connectivity index is 1.50. The zero-order chi connectivity index (χ0) is 20.1. The van der Waals surface area contributed by atoms with Crippen LogP contribution in [0.25, 0.3) is 0 Å². The number of rotatable bonds is 6. The van der Waals surface area contributed by atoms with Crippen molar-refractivity contribution in [2.24, 2.45) is 0 Å². The van der Waals surface area contributed by atoms with Gasteiger partial charge in [0.1, 0.15) is 17.2 Å². The highest BCUT2D eigenvalue weighted by atomic mass is 16.5. The zero-order valence-electron chi connectivity index (χ0n) is 16.0. The van der Waals surface area contributed by atoms with E-state index in [1.165, 1.54) is 6.20 Å². The van der Waals surface area contributed by atoms with E-state index in [1.54, 1.807) is 36.7 Å². The lowest BCUT2D eigenvalue weighted by Gasteiger charge is -2.27. The Morgan fingerprint density at radius 1 is 1.21 bits per heavy atom. The molecule has 2 heterocycles. The van der Waals surface area contributed by atoms with Gasteiger partial charge in [0.05, 0.1) is 25.5 Å². The molecule has 1 aliphatic rings. The fourth-order valence-corrected chi connectivity index (χ4v) is 3.18. The van der Waals surface area contributed by atoms with Crippen molar-refractivity contribution in [3.8, 4) is 23.1 Å². The molecule has 0 radical (unpaired) electrons. The smallest absolute Gasteiger partial charge is 0.251 e. The first-order chi connectivity index (χ1) is 14.2. The fraction of sp³-hybridized carbons (Fsp3) is 0.227. The summed E-state index contributed by atoms with van der Waals surface area (Å²) < 4.78 is 17.0. The van der Waals surface area contributed by atoms with Gasteiger partial charge in [-0.15, -0.1) is 0 Å². The summed E-state index contributed by atoms with van der Waals surface area (Å²) in [6, 6.07) is 12.5. The van der Waals surface area contributed by atoms with Crippen molar-refractivity contribution in [1.82, 2.24) is 15.3 Å². The van der Waals surface area contributed by atoms with E-state index in [9.17, 15) is 4.79 Å². The number of nitrogens with one attached hydrogen (secondary N) is 1. The number of fused-ring (bicyclic) bond motifs is 1. The van der Waals surface area contributed by atoms with E-state index in [-0.39, 0.29) is 11.9 Å². The van der Waals surface area contributed by atoms with Crippen LogP contribution in [0.2, 0.25) is 0 Å². The molecule has 0 fully saturated rings. The number of hydrogen-bond donors (Lipinski definition) is 1. The van der Waals surface area contributed by atoms with E-state index < -0.39 is 0 Å². The Bertz CT molecular complexity index is 994. The van der Waals surface area contributed by atoms with E-state index >= 15 is 0 Å². The van der Waals surface area contributed by atoms with Gasteiger partial charge in [-0.1, -0.05) is 6.07 Å². The van der Waals surface area contributed by atoms with Gasteiger partial charge in [-0.2, -0.15) is 0 Å². The Hall–Kier alpha value is -3.61. The molecule has 1 aliphatic heterocycles. The minimum atomic E-state index is -0.186. The molecule has 1 aromatic heterocycles. The molecule has 0 spiro atoms. The van der Waals surface area contributed by atoms with Crippen molar-refractivity contribution in [3.05, 3.63) is 72.2 Å². The van der Waals surface area contributed by atoms with Crippen molar-refractivity contribution in [3.63, 3.8) is 0 Å². The molecule has 4 rings (SSSR count). The maximum Gasteiger partial charge on any atom is 0.251 e. The molecule has 2 aromatic carbocycles. The highest BCUT2D eigenvalue weighted by Gasteiger charge is 2.24. The third-order valence-electron chi connectivity index (χ3n) is 4.50. The van der Waals surface area contributed by atoms with E-state index in [0.29, 0.717) is 36.8 Å². The van der Waals surface area contributed by atoms with E-state index in [4.69, 9.17) is 14.2 Å². The molecule has 0 saturated carbocycles. The van der Waals surface area contributed by atoms with Crippen LogP contribution >= 0.6 is 0 Å². The first-order valence-corrected chi connectivity index (χ1v) is 9.47. The van der Waals surface area contributed by atoms with Crippen LogP contribution < -0.4 is 19.5 Å². The number of amides is 1. The third kappa shape index (κ3) is 4.45. The highest BCUT2D eigenvalue weighted by Crippen LogP contribution is 2.35. The average molecular weight is 391 g/mol. The van der Waals surface area contributed by atoms with Gasteiger partial charge < -0.3 is 19.5 Å². The second-order valence-corrected chi connectivity index (χ2v) is 6.47. The highest BCUT2D eigenvalue weighted by molar-refractivity contribution is 5.95. The molecule has 1 unspecified atom stereocenters. The molecule has 1 N–H and O–H groups in total. The Morgan fingerprint density at radius 3 is 2.97 bits per heavy atom. The molecule has 1 amide bonds. The lowest BCUT2D eigenvalue weighted by Crippen LogP contribution is -2.32. The molecular weight excluding hydrogens is 370 g/mol. The molecule has 29 heavy (non-hydrogen) atoms. The molecule has 0 aliphatic carbocycles. The Kier molecular flexibility index (Phi) is 5.56. The van der Waals surface area contributed by atoms with Gasteiger partial charge in [0, 0.05) is 29.9 Å². The zero-order valence-corrected chi connectivity index (χ0v) is 16.0. The summed E-state index contributed by atoms with van der Waals surface area (Å²) in [6.45, 7) is 3.06. The summed E-state index contributed by atoms with van der Waals surface area (Å²) in [5.74, 6) is 2.23. The van der Waals surface area contributed by atoms with Crippen molar-refractivity contribution in [1.29, 1.82) is 0 Å². The van der Waals surface area contributed by atoms with E-state index in [0.717, 1.165) is 17.1 Å². The molecule has 0 saturated heterocycles. The van der Waals surface area contributed by atoms with E-state index in [1.807, 2.05) is 25.1 Å². The summed E-state index contributed by atoms with van der Waals surface area (Å²) in [6.07, 6.45) is 5.32. The van der Waals surface area contributed by atoms with Crippen LogP contribution in [0.15, 0.2) is 61.1 Å². The average Bonchev–Trinajstić information content (AvgIpc) is 2.75. The van der Waals surface area contributed by atoms with Crippen molar-refractivity contribution < 1.29 is 19.0 Å². The van der Waals surface area contributed by atoms with Crippen LogP contribution in [0.3, 0.4) is 0 Å². The quantitative estimate of drug-likeness (QED) is 0.686. The van der Waals surface area contributed by atoms with Crippen LogP contribution in [0, 0.1) is 0 Å². The maximum absolute atomic E-state index is 12.9. The first-order valence-electron chi connectivity index (χ1n) is 9.47. The number of benzene rings is 2. The number of aromatic nitrogens is 2. The topological polar surface area (TPSA) is 82.6 Å². The number of carbonyl (C=O) groups excluding carboxylic acids is 1. The SMILES string of the molecule is CCOc1ccc2c(c1)C(NC(=O)c1cccc(Oc3cnccn3)c1)CCO2. The summed E-state index contributed by atoms with van der Waals surface area (Å²) in [7, 11) is 0. The number of carbonyl (C=O) groups is 1. The molecular formula is C22H21N3O4. The minimum absolute atomic E-state index is 0.156. The normalized spacial score (nSPS) is 15.0. The molecule has 7 nitrogen and oxygen atoms in total. The van der Waals surface area contributed by atoms with Gasteiger partial charge >= 0.3 is 0 Å². The number of nitrogens with zero attached hydrogens (tertiary/aromatic N) is 2. The van der Waals surface area contributed by atoms with Crippen LogP contribution in [-0.4, -0.2) is 29.1 Å². The number of ether oxygens (including phenoxy) is 3. The van der Waals surface area contributed by atoms with Crippen molar-refractivity contribution in [2.45, 2.75) is 19.4 Å². The predicted molar refractivity (Wildman–Crippen MR) is 106 cm³/mol. The van der Waals surface area contributed by atoms with Crippen LogP contribution in [0.1, 0.15) is 35.3 Å². The number of hydrogen-bond acceptors (Lipinski definition) is 6. The molecule has 7 heteroatoms. The summed E-state index contributed by atoms with van der Waals surface area (Å²) in [5, 5.41) is 3.09. The minimum Gasteiger partial charge on any atom is -0.494 e. The monoisotopic (exact) mass is 391 g/mol. The van der Waals surface area contributed by atoms with Gasteiger partial charge in [-0.25, -0.2) is 4.98 Å². The second-order valence-electron chi connectivity index (χ2n) is 6.47. The Morgan fingerprint density at radius 2 is 2.14 bits per heavy atom. The largest absolute Gasteiger partial charge is 0.494 e. The van der Waals surface area contributed by atoms with Crippen molar-refractivity contribution in [2.75, 3.05) is 13.2 Å². The second kappa shape index (κ2) is 8.60.